The van der Waals surface area contributed by atoms with Crippen molar-refractivity contribution >= 4 is 17.5 Å². The summed E-state index contributed by atoms with van der Waals surface area (Å²) in [6, 6.07) is 14.6. The number of halogens is 1. The van der Waals surface area contributed by atoms with Crippen LogP contribution in [-0.2, 0) is 11.2 Å². The number of hydrogen-bond donors (Lipinski definition) is 2. The predicted octanol–water partition coefficient (Wildman–Crippen LogP) is 2.93. The average molecular weight is 434 g/mol. The first-order valence-corrected chi connectivity index (χ1v) is 10.5. The molecule has 3 atom stereocenters. The second-order valence-electron chi connectivity index (χ2n) is 7.44. The maximum Gasteiger partial charge on any atom is 0.255 e. The van der Waals surface area contributed by atoms with E-state index in [1.165, 1.54) is 7.11 Å². The van der Waals surface area contributed by atoms with E-state index in [4.69, 9.17) is 21.1 Å². The lowest BCUT2D eigenvalue weighted by atomic mass is 10.1. The molecule has 0 fully saturated rings. The number of aliphatic hydroxyl groups excluding tert-OH is 2. The van der Waals surface area contributed by atoms with Crippen LogP contribution in [0.1, 0.15) is 28.8 Å². The quantitative estimate of drug-likeness (QED) is 0.761. The molecule has 1 heterocycles. The zero-order valence-corrected chi connectivity index (χ0v) is 17.8. The number of carbonyl (C=O) groups excluding carboxylic acids is 1. The Kier molecular flexibility index (Phi) is 8.10. The van der Waals surface area contributed by atoms with E-state index in [0.717, 1.165) is 24.8 Å². The highest BCUT2D eigenvalue weighted by atomic mass is 35.5. The molecule has 2 aromatic rings. The van der Waals surface area contributed by atoms with Crippen LogP contribution < -0.4 is 4.74 Å². The van der Waals surface area contributed by atoms with E-state index in [9.17, 15) is 15.0 Å². The normalized spacial score (nSPS) is 23.3. The number of rotatable bonds is 2. The van der Waals surface area contributed by atoms with Crippen LogP contribution in [0, 0.1) is 0 Å². The van der Waals surface area contributed by atoms with Gasteiger partial charge in [-0.2, -0.15) is 0 Å². The van der Waals surface area contributed by atoms with Gasteiger partial charge in [0.15, 0.2) is 0 Å². The highest BCUT2D eigenvalue weighted by Gasteiger charge is 2.31. The minimum absolute atomic E-state index is 0.0729. The van der Waals surface area contributed by atoms with Crippen LogP contribution in [0.25, 0.3) is 0 Å². The number of benzene rings is 2. The second-order valence-corrected chi connectivity index (χ2v) is 7.85. The minimum Gasteiger partial charge on any atom is -0.491 e. The average Bonchev–Trinajstić information content (AvgIpc) is 2.77. The highest BCUT2D eigenvalue weighted by molar-refractivity contribution is 6.33. The van der Waals surface area contributed by atoms with Crippen molar-refractivity contribution in [2.75, 3.05) is 26.8 Å². The van der Waals surface area contributed by atoms with Gasteiger partial charge in [-0.1, -0.05) is 41.9 Å². The summed E-state index contributed by atoms with van der Waals surface area (Å²) in [5, 5.41) is 21.5. The number of aryl methyl sites for hydroxylation is 1. The summed E-state index contributed by atoms with van der Waals surface area (Å²) in [5.41, 5.74) is 1.44. The molecule has 162 valence electrons. The van der Waals surface area contributed by atoms with Crippen LogP contribution in [0.15, 0.2) is 48.5 Å². The van der Waals surface area contributed by atoms with Crippen molar-refractivity contribution in [1.82, 2.24) is 4.90 Å². The lowest BCUT2D eigenvalue weighted by Crippen LogP contribution is -2.49. The Labute approximate surface area is 182 Å². The molecule has 7 heteroatoms. The van der Waals surface area contributed by atoms with Crippen LogP contribution >= 0.6 is 11.6 Å². The minimum atomic E-state index is -1.22. The number of fused-ring (bicyclic) bond motifs is 1. The fourth-order valence-electron chi connectivity index (χ4n) is 3.61. The topological polar surface area (TPSA) is 79.2 Å². The van der Waals surface area contributed by atoms with E-state index >= 15 is 0 Å². The third-order valence-corrected chi connectivity index (χ3v) is 5.71. The molecule has 2 aromatic carbocycles. The van der Waals surface area contributed by atoms with E-state index in [1.54, 1.807) is 29.2 Å². The van der Waals surface area contributed by atoms with Crippen molar-refractivity contribution in [2.45, 2.75) is 37.6 Å². The van der Waals surface area contributed by atoms with Crippen LogP contribution in [0.2, 0.25) is 5.02 Å². The third kappa shape index (κ3) is 5.52. The first-order chi connectivity index (χ1) is 14.5. The van der Waals surface area contributed by atoms with Gasteiger partial charge in [0, 0.05) is 20.2 Å². The smallest absolute Gasteiger partial charge is 0.255 e. The van der Waals surface area contributed by atoms with Crippen molar-refractivity contribution in [3.8, 4) is 5.75 Å². The lowest BCUT2D eigenvalue weighted by Gasteiger charge is -2.31. The number of ether oxygens (including phenoxy) is 2. The standard InChI is InChI=1S/C23H28ClNO5/c1-29-21-14-25(23(28)17-10-3-4-11-18(17)24)13-7-6-9-16-8-2-5-12-20(16)30-15-19(26)22(21)27/h2-5,8,10-12,19,21-22,26-27H,6-7,9,13-15H2,1H3/t19-,21+,22-/m1/s1. The molecule has 0 radical (unpaired) electrons. The van der Waals surface area contributed by atoms with Crippen molar-refractivity contribution < 1.29 is 24.5 Å². The zero-order chi connectivity index (χ0) is 21.5. The maximum atomic E-state index is 13.2. The molecule has 0 saturated carbocycles. The second kappa shape index (κ2) is 10.8. The molecular weight excluding hydrogens is 406 g/mol. The van der Waals surface area contributed by atoms with Gasteiger partial charge in [0.2, 0.25) is 0 Å². The van der Waals surface area contributed by atoms with Gasteiger partial charge in [-0.25, -0.2) is 0 Å². The number of aliphatic hydroxyl groups is 2. The summed E-state index contributed by atoms with van der Waals surface area (Å²) in [5.74, 6) is 0.469. The maximum absolute atomic E-state index is 13.2. The van der Waals surface area contributed by atoms with Gasteiger partial charge in [-0.3, -0.25) is 4.79 Å². The molecule has 0 unspecified atom stereocenters. The van der Waals surface area contributed by atoms with Crippen LogP contribution in [0.5, 0.6) is 5.75 Å². The molecule has 0 spiro atoms. The van der Waals surface area contributed by atoms with Gasteiger partial charge < -0.3 is 24.6 Å². The monoisotopic (exact) mass is 433 g/mol. The molecule has 1 aliphatic rings. The van der Waals surface area contributed by atoms with E-state index in [1.807, 2.05) is 24.3 Å². The molecule has 2 N–H and O–H groups in total. The van der Waals surface area contributed by atoms with Crippen LogP contribution in [0.4, 0.5) is 0 Å². The number of hydrogen-bond acceptors (Lipinski definition) is 5. The van der Waals surface area contributed by atoms with E-state index in [2.05, 4.69) is 0 Å². The zero-order valence-electron chi connectivity index (χ0n) is 17.0. The Hall–Kier alpha value is -2.12. The van der Waals surface area contributed by atoms with Crippen molar-refractivity contribution in [3.63, 3.8) is 0 Å². The Morgan fingerprint density at radius 2 is 1.87 bits per heavy atom. The molecule has 3 rings (SSSR count). The molecule has 30 heavy (non-hydrogen) atoms. The van der Waals surface area contributed by atoms with Gasteiger partial charge in [-0.05, 0) is 43.0 Å². The van der Waals surface area contributed by atoms with Gasteiger partial charge in [0.25, 0.3) is 5.91 Å². The molecule has 1 amide bonds. The summed E-state index contributed by atoms with van der Waals surface area (Å²) in [4.78, 5) is 14.8. The molecule has 0 aliphatic carbocycles. The van der Waals surface area contributed by atoms with Gasteiger partial charge in [-0.15, -0.1) is 0 Å². The van der Waals surface area contributed by atoms with E-state index in [-0.39, 0.29) is 19.1 Å². The molecule has 1 aliphatic heterocycles. The highest BCUT2D eigenvalue weighted by Crippen LogP contribution is 2.23. The summed E-state index contributed by atoms with van der Waals surface area (Å²) in [6.45, 7) is 0.540. The number of nitrogens with zero attached hydrogens (tertiary/aromatic N) is 1. The number of carbonyl (C=O) groups is 1. The Morgan fingerprint density at radius 1 is 1.13 bits per heavy atom. The van der Waals surface area contributed by atoms with Crippen LogP contribution in [-0.4, -0.2) is 66.1 Å². The van der Waals surface area contributed by atoms with E-state index in [0.29, 0.717) is 22.9 Å². The summed E-state index contributed by atoms with van der Waals surface area (Å²) >= 11 is 6.23. The van der Waals surface area contributed by atoms with Crippen LogP contribution in [0.3, 0.4) is 0 Å². The fraction of sp³-hybridized carbons (Fsp3) is 0.435. The predicted molar refractivity (Wildman–Crippen MR) is 115 cm³/mol. The number of amides is 1. The number of methoxy groups -OCH3 is 1. The Balaban J connectivity index is 1.85. The molecular formula is C23H28ClNO5. The Bertz CT molecular complexity index is 846. The largest absolute Gasteiger partial charge is 0.491 e. The van der Waals surface area contributed by atoms with Gasteiger partial charge in [0.05, 0.1) is 10.6 Å². The van der Waals surface area contributed by atoms with Gasteiger partial charge >= 0.3 is 0 Å². The Morgan fingerprint density at radius 3 is 2.63 bits per heavy atom. The molecule has 0 saturated heterocycles. The van der Waals surface area contributed by atoms with Gasteiger partial charge in [0.1, 0.15) is 30.7 Å². The fourth-order valence-corrected chi connectivity index (χ4v) is 3.83. The third-order valence-electron chi connectivity index (χ3n) is 5.38. The summed E-state index contributed by atoms with van der Waals surface area (Å²) < 4.78 is 11.2. The molecule has 0 bridgehead atoms. The number of para-hydroxylation sites is 1. The summed E-state index contributed by atoms with van der Waals surface area (Å²) in [6.07, 6.45) is -0.748. The molecule has 0 aromatic heterocycles. The van der Waals surface area contributed by atoms with E-state index < -0.39 is 18.3 Å². The SMILES string of the molecule is CO[C@H]1CN(C(=O)c2ccccc2Cl)CCCCc2ccccc2OC[C@@H](O)[C@H]1O. The molecule has 6 nitrogen and oxygen atoms in total. The lowest BCUT2D eigenvalue weighted by molar-refractivity contribution is -0.0925. The first-order valence-electron chi connectivity index (χ1n) is 10.1. The van der Waals surface area contributed by atoms with Crippen molar-refractivity contribution in [1.29, 1.82) is 0 Å². The van der Waals surface area contributed by atoms with Crippen molar-refractivity contribution in [2.24, 2.45) is 0 Å². The van der Waals surface area contributed by atoms with Crippen molar-refractivity contribution in [3.05, 3.63) is 64.7 Å². The first kappa shape index (κ1) is 22.6. The summed E-state index contributed by atoms with van der Waals surface area (Å²) in [7, 11) is 1.45.